The second-order valence-electron chi connectivity index (χ2n) is 5.66. The molecule has 0 N–H and O–H groups in total. The zero-order chi connectivity index (χ0) is 14.9. The monoisotopic (exact) mass is 283 g/mol. The standard InChI is InChI=1S/C21H17N/c1-16-14-22-15-19(17-8-4-2-5-9-17)12-20(22)13-21(16)18-10-6-3-7-11-18/h2-15H,1H3. The number of nitrogens with zero attached hydrogens (tertiary/aromatic N) is 1. The summed E-state index contributed by atoms with van der Waals surface area (Å²) in [6, 6.07) is 25.6. The van der Waals surface area contributed by atoms with Crippen molar-refractivity contribution in [2.24, 2.45) is 0 Å². The highest BCUT2D eigenvalue weighted by Crippen LogP contribution is 2.28. The van der Waals surface area contributed by atoms with E-state index in [-0.39, 0.29) is 0 Å². The summed E-state index contributed by atoms with van der Waals surface area (Å²) in [4.78, 5) is 0. The Morgan fingerprint density at radius 2 is 1.27 bits per heavy atom. The van der Waals surface area contributed by atoms with Gasteiger partial charge in [0.05, 0.1) is 0 Å². The SMILES string of the molecule is Cc1cn2cc(-c3ccccc3)cc2cc1-c1ccccc1. The summed E-state index contributed by atoms with van der Waals surface area (Å²) in [6.07, 6.45) is 4.41. The van der Waals surface area contributed by atoms with Crippen molar-refractivity contribution in [3.05, 3.63) is 90.8 Å². The molecular formula is C21H17N. The lowest BCUT2D eigenvalue weighted by atomic mass is 10.0. The van der Waals surface area contributed by atoms with E-state index < -0.39 is 0 Å². The van der Waals surface area contributed by atoms with Crippen molar-refractivity contribution in [3.8, 4) is 22.3 Å². The lowest BCUT2D eigenvalue weighted by Crippen LogP contribution is -1.88. The molecule has 0 amide bonds. The largest absolute Gasteiger partial charge is 0.323 e. The number of aryl methyl sites for hydroxylation is 1. The van der Waals surface area contributed by atoms with Crippen molar-refractivity contribution < 1.29 is 0 Å². The van der Waals surface area contributed by atoms with Crippen LogP contribution < -0.4 is 0 Å². The van der Waals surface area contributed by atoms with E-state index >= 15 is 0 Å². The first-order valence-corrected chi connectivity index (χ1v) is 7.54. The van der Waals surface area contributed by atoms with Crippen LogP contribution in [-0.2, 0) is 0 Å². The number of rotatable bonds is 2. The Morgan fingerprint density at radius 3 is 1.95 bits per heavy atom. The van der Waals surface area contributed by atoms with Gasteiger partial charge in [-0.25, -0.2) is 0 Å². The highest BCUT2D eigenvalue weighted by Gasteiger charge is 2.07. The van der Waals surface area contributed by atoms with E-state index in [0.717, 1.165) is 0 Å². The molecule has 0 aliphatic carbocycles. The number of pyridine rings is 1. The first kappa shape index (κ1) is 12.9. The second kappa shape index (κ2) is 5.19. The maximum atomic E-state index is 2.27. The van der Waals surface area contributed by atoms with E-state index in [2.05, 4.69) is 96.5 Å². The number of hydrogen-bond donors (Lipinski definition) is 0. The molecule has 2 aromatic heterocycles. The third-order valence-corrected chi connectivity index (χ3v) is 4.12. The molecule has 0 fully saturated rings. The number of aromatic nitrogens is 1. The molecular weight excluding hydrogens is 266 g/mol. The maximum absolute atomic E-state index is 2.27. The van der Waals surface area contributed by atoms with Gasteiger partial charge in [0, 0.05) is 23.5 Å². The lowest BCUT2D eigenvalue weighted by molar-refractivity contribution is 1.17. The Balaban J connectivity index is 1.88. The van der Waals surface area contributed by atoms with E-state index in [4.69, 9.17) is 0 Å². The molecule has 0 saturated carbocycles. The summed E-state index contributed by atoms with van der Waals surface area (Å²) in [6.45, 7) is 2.17. The average Bonchev–Trinajstić information content (AvgIpc) is 2.98. The third kappa shape index (κ3) is 2.21. The summed E-state index contributed by atoms with van der Waals surface area (Å²) in [5, 5.41) is 0. The van der Waals surface area contributed by atoms with Crippen LogP contribution in [-0.4, -0.2) is 4.40 Å². The molecule has 0 spiro atoms. The topological polar surface area (TPSA) is 4.41 Å². The van der Waals surface area contributed by atoms with Gasteiger partial charge in [0.25, 0.3) is 0 Å². The van der Waals surface area contributed by atoms with Crippen LogP contribution in [0, 0.1) is 6.92 Å². The molecule has 0 saturated heterocycles. The molecule has 1 heteroatoms. The summed E-state index contributed by atoms with van der Waals surface area (Å²) in [7, 11) is 0. The fraction of sp³-hybridized carbons (Fsp3) is 0.0476. The Kier molecular flexibility index (Phi) is 3.05. The molecule has 4 aromatic rings. The predicted molar refractivity (Wildman–Crippen MR) is 93.0 cm³/mol. The van der Waals surface area contributed by atoms with Crippen LogP contribution in [0.15, 0.2) is 85.2 Å². The van der Waals surface area contributed by atoms with Crippen LogP contribution in [0.3, 0.4) is 0 Å². The highest BCUT2D eigenvalue weighted by molar-refractivity contribution is 5.76. The third-order valence-electron chi connectivity index (χ3n) is 4.12. The second-order valence-corrected chi connectivity index (χ2v) is 5.66. The van der Waals surface area contributed by atoms with Crippen molar-refractivity contribution in [3.63, 3.8) is 0 Å². The van der Waals surface area contributed by atoms with Gasteiger partial charge < -0.3 is 4.40 Å². The summed E-state index contributed by atoms with van der Waals surface area (Å²) >= 11 is 0. The first-order chi connectivity index (χ1) is 10.8. The van der Waals surface area contributed by atoms with Crippen LogP contribution >= 0.6 is 0 Å². The summed E-state index contributed by atoms with van der Waals surface area (Å²) in [5.74, 6) is 0. The molecule has 0 aliphatic rings. The zero-order valence-corrected chi connectivity index (χ0v) is 12.5. The predicted octanol–water partition coefficient (Wildman–Crippen LogP) is 5.58. The van der Waals surface area contributed by atoms with Crippen molar-refractivity contribution in [2.45, 2.75) is 6.92 Å². The van der Waals surface area contributed by atoms with E-state index in [0.29, 0.717) is 0 Å². The molecule has 0 atom stereocenters. The lowest BCUT2D eigenvalue weighted by Gasteiger charge is -2.07. The minimum atomic E-state index is 1.23. The molecule has 0 unspecified atom stereocenters. The van der Waals surface area contributed by atoms with Crippen LogP contribution in [0.4, 0.5) is 0 Å². The van der Waals surface area contributed by atoms with Gasteiger partial charge in [-0.2, -0.15) is 0 Å². The fourth-order valence-corrected chi connectivity index (χ4v) is 2.98. The molecule has 4 rings (SSSR count). The minimum absolute atomic E-state index is 1.23. The molecule has 0 radical (unpaired) electrons. The van der Waals surface area contributed by atoms with Crippen LogP contribution in [0.1, 0.15) is 5.56 Å². The molecule has 0 aliphatic heterocycles. The number of hydrogen-bond acceptors (Lipinski definition) is 0. The van der Waals surface area contributed by atoms with Gasteiger partial charge in [0.15, 0.2) is 0 Å². The zero-order valence-electron chi connectivity index (χ0n) is 12.5. The van der Waals surface area contributed by atoms with E-state index in [9.17, 15) is 0 Å². The van der Waals surface area contributed by atoms with Gasteiger partial charge in [-0.3, -0.25) is 0 Å². The van der Waals surface area contributed by atoms with Crippen molar-refractivity contribution in [2.75, 3.05) is 0 Å². The van der Waals surface area contributed by atoms with Crippen molar-refractivity contribution in [1.82, 2.24) is 4.40 Å². The van der Waals surface area contributed by atoms with Gasteiger partial charge >= 0.3 is 0 Å². The molecule has 1 nitrogen and oxygen atoms in total. The Morgan fingerprint density at radius 1 is 0.636 bits per heavy atom. The smallest absolute Gasteiger partial charge is 0.0462 e. The van der Waals surface area contributed by atoms with Gasteiger partial charge in [-0.15, -0.1) is 0 Å². The fourth-order valence-electron chi connectivity index (χ4n) is 2.98. The van der Waals surface area contributed by atoms with Gasteiger partial charge in [-0.1, -0.05) is 60.7 Å². The highest BCUT2D eigenvalue weighted by atomic mass is 14.9. The van der Waals surface area contributed by atoms with Crippen LogP contribution in [0.2, 0.25) is 0 Å². The van der Waals surface area contributed by atoms with Crippen LogP contribution in [0.5, 0.6) is 0 Å². The first-order valence-electron chi connectivity index (χ1n) is 7.54. The molecule has 106 valence electrons. The Hall–Kier alpha value is -2.80. The molecule has 2 aromatic carbocycles. The van der Waals surface area contributed by atoms with E-state index in [1.165, 1.54) is 33.3 Å². The maximum Gasteiger partial charge on any atom is 0.0462 e. The quantitative estimate of drug-likeness (QED) is 0.452. The normalized spacial score (nSPS) is 11.0. The van der Waals surface area contributed by atoms with Crippen molar-refractivity contribution in [1.29, 1.82) is 0 Å². The number of benzene rings is 2. The summed E-state index contributed by atoms with van der Waals surface area (Å²) in [5.41, 5.74) is 7.59. The Bertz CT molecular complexity index is 918. The van der Waals surface area contributed by atoms with Gasteiger partial charge in [0.1, 0.15) is 0 Å². The molecule has 0 bridgehead atoms. The molecule has 2 heterocycles. The number of fused-ring (bicyclic) bond motifs is 1. The Labute approximate surface area is 130 Å². The average molecular weight is 283 g/mol. The minimum Gasteiger partial charge on any atom is -0.323 e. The van der Waals surface area contributed by atoms with E-state index in [1.807, 2.05) is 0 Å². The van der Waals surface area contributed by atoms with E-state index in [1.54, 1.807) is 0 Å². The van der Waals surface area contributed by atoms with Gasteiger partial charge in [0.2, 0.25) is 0 Å². The molecule has 22 heavy (non-hydrogen) atoms. The van der Waals surface area contributed by atoms with Gasteiger partial charge in [-0.05, 0) is 41.3 Å². The van der Waals surface area contributed by atoms with Crippen LogP contribution in [0.25, 0.3) is 27.8 Å². The van der Waals surface area contributed by atoms with Crippen molar-refractivity contribution >= 4 is 5.52 Å². The summed E-state index contributed by atoms with van der Waals surface area (Å²) < 4.78 is 2.21.